The highest BCUT2D eigenvalue weighted by Crippen LogP contribution is 2.37. The Morgan fingerprint density at radius 3 is 2.74 bits per heavy atom. The van der Waals surface area contributed by atoms with E-state index in [0.717, 1.165) is 49.1 Å². The predicted molar refractivity (Wildman–Crippen MR) is 116 cm³/mol. The highest BCUT2D eigenvalue weighted by atomic mass is 16.5. The van der Waals surface area contributed by atoms with E-state index < -0.39 is 0 Å². The molecule has 1 aliphatic carbocycles. The number of aromatic nitrogens is 3. The molecule has 5 rings (SSSR count). The number of rotatable bonds is 6. The minimum atomic E-state index is -0.215. The topological polar surface area (TPSA) is 100 Å². The highest BCUT2D eigenvalue weighted by Gasteiger charge is 2.30. The maximum absolute atomic E-state index is 12.4. The molecule has 0 bridgehead atoms. The zero-order valence-corrected chi connectivity index (χ0v) is 17.6. The molecule has 2 aliphatic rings. The van der Waals surface area contributed by atoms with Gasteiger partial charge in [0.15, 0.2) is 0 Å². The van der Waals surface area contributed by atoms with Crippen molar-refractivity contribution >= 4 is 16.9 Å². The molecular formula is C23H25N5O3. The average Bonchev–Trinajstić information content (AvgIpc) is 3.59. The van der Waals surface area contributed by atoms with Crippen LogP contribution in [0.4, 0.5) is 0 Å². The van der Waals surface area contributed by atoms with Crippen molar-refractivity contribution in [2.75, 3.05) is 20.1 Å². The first-order valence-corrected chi connectivity index (χ1v) is 10.6. The summed E-state index contributed by atoms with van der Waals surface area (Å²) in [5.74, 6) is 0.781. The molecule has 1 saturated heterocycles. The van der Waals surface area contributed by atoms with Crippen LogP contribution in [0.2, 0.25) is 0 Å². The summed E-state index contributed by atoms with van der Waals surface area (Å²) in [6, 6.07) is 7.54. The van der Waals surface area contributed by atoms with E-state index in [1.807, 2.05) is 13.0 Å². The van der Waals surface area contributed by atoms with E-state index in [4.69, 9.17) is 4.74 Å². The molecule has 2 fully saturated rings. The number of pyridine rings is 1. The van der Waals surface area contributed by atoms with Crippen LogP contribution in [0.5, 0.6) is 5.75 Å². The standard InChI is InChI=1S/C23H25N5O3/c1-13-15(5-7-18-20(13)27-23(30)21(26-18)14-3-4-14)10-28-11-17(12-28)31-16-6-8-19(25-9-16)22(29)24-2/h5-9,14,17H,3-4,10-12H2,1-2H3,(H,24,29)(H,27,30). The fourth-order valence-electron chi connectivity index (χ4n) is 4.03. The lowest BCUT2D eigenvalue weighted by atomic mass is 10.0. The Bertz CT molecular complexity index is 1190. The third kappa shape index (κ3) is 3.90. The van der Waals surface area contributed by atoms with Gasteiger partial charge in [-0.1, -0.05) is 6.07 Å². The average molecular weight is 419 g/mol. The highest BCUT2D eigenvalue weighted by molar-refractivity contribution is 5.92. The number of aromatic amines is 1. The summed E-state index contributed by atoms with van der Waals surface area (Å²) in [7, 11) is 1.58. The smallest absolute Gasteiger partial charge is 0.270 e. The van der Waals surface area contributed by atoms with Gasteiger partial charge in [0.1, 0.15) is 23.2 Å². The molecule has 2 N–H and O–H groups in total. The fraction of sp³-hybridized carbons (Fsp3) is 0.391. The Morgan fingerprint density at radius 1 is 1.26 bits per heavy atom. The molecule has 1 aliphatic heterocycles. The number of benzene rings is 1. The number of likely N-dealkylation sites (tertiary alicyclic amines) is 1. The van der Waals surface area contributed by atoms with Gasteiger partial charge in [0, 0.05) is 32.6 Å². The van der Waals surface area contributed by atoms with Crippen LogP contribution in [-0.2, 0) is 6.54 Å². The van der Waals surface area contributed by atoms with Crippen LogP contribution in [0, 0.1) is 6.92 Å². The molecule has 8 heteroatoms. The molecule has 1 aromatic carbocycles. The van der Waals surface area contributed by atoms with Crippen molar-refractivity contribution in [1.29, 1.82) is 0 Å². The second-order valence-corrected chi connectivity index (χ2v) is 8.36. The first-order chi connectivity index (χ1) is 15.0. The van der Waals surface area contributed by atoms with Crippen LogP contribution in [-0.4, -0.2) is 52.0 Å². The monoisotopic (exact) mass is 419 g/mol. The van der Waals surface area contributed by atoms with Crippen LogP contribution in [0.3, 0.4) is 0 Å². The molecule has 2 aromatic heterocycles. The molecule has 0 radical (unpaired) electrons. The van der Waals surface area contributed by atoms with Gasteiger partial charge in [-0.05, 0) is 49.1 Å². The lowest BCUT2D eigenvalue weighted by Crippen LogP contribution is -2.53. The molecule has 0 unspecified atom stereocenters. The number of carbonyl (C=O) groups is 1. The van der Waals surface area contributed by atoms with Gasteiger partial charge in [0.05, 0.1) is 17.2 Å². The number of nitrogens with one attached hydrogen (secondary N) is 2. The summed E-state index contributed by atoms with van der Waals surface area (Å²) in [5.41, 5.74) is 4.95. The normalized spacial score (nSPS) is 16.8. The maximum Gasteiger partial charge on any atom is 0.270 e. The van der Waals surface area contributed by atoms with E-state index in [1.165, 1.54) is 5.56 Å². The van der Waals surface area contributed by atoms with Crippen LogP contribution in [0.25, 0.3) is 11.0 Å². The van der Waals surface area contributed by atoms with Gasteiger partial charge >= 0.3 is 0 Å². The van der Waals surface area contributed by atoms with Gasteiger partial charge in [-0.3, -0.25) is 14.5 Å². The molecule has 3 heterocycles. The molecule has 0 atom stereocenters. The SMILES string of the molecule is CNC(=O)c1ccc(OC2CN(Cc3ccc4nc(C5CC5)c(=O)[nH]c4c3C)C2)cn1. The third-order valence-electron chi connectivity index (χ3n) is 6.05. The molecule has 31 heavy (non-hydrogen) atoms. The largest absolute Gasteiger partial charge is 0.486 e. The molecule has 0 spiro atoms. The van der Waals surface area contributed by atoms with Crippen LogP contribution in [0.1, 0.15) is 46.1 Å². The number of nitrogens with zero attached hydrogens (tertiary/aromatic N) is 3. The van der Waals surface area contributed by atoms with E-state index in [0.29, 0.717) is 23.1 Å². The van der Waals surface area contributed by atoms with Crippen molar-refractivity contribution in [2.24, 2.45) is 0 Å². The number of hydrogen-bond donors (Lipinski definition) is 2. The molecule has 1 saturated carbocycles. The van der Waals surface area contributed by atoms with E-state index in [1.54, 1.807) is 25.4 Å². The minimum Gasteiger partial charge on any atom is -0.486 e. The van der Waals surface area contributed by atoms with Crippen molar-refractivity contribution < 1.29 is 9.53 Å². The number of carbonyl (C=O) groups excluding carboxylic acids is 1. The number of ether oxygens (including phenoxy) is 1. The van der Waals surface area contributed by atoms with Gasteiger partial charge in [-0.25, -0.2) is 9.97 Å². The molecule has 160 valence electrons. The summed E-state index contributed by atoms with van der Waals surface area (Å²) in [6.07, 6.45) is 3.80. The number of H-pyrrole nitrogens is 1. The maximum atomic E-state index is 12.4. The Kier molecular flexibility index (Phi) is 4.94. The van der Waals surface area contributed by atoms with Crippen molar-refractivity contribution in [1.82, 2.24) is 25.2 Å². The lowest BCUT2D eigenvalue weighted by Gasteiger charge is -2.39. The first-order valence-electron chi connectivity index (χ1n) is 10.6. The van der Waals surface area contributed by atoms with Crippen molar-refractivity contribution in [3.63, 3.8) is 0 Å². The van der Waals surface area contributed by atoms with E-state index in [-0.39, 0.29) is 17.6 Å². The van der Waals surface area contributed by atoms with Gasteiger partial charge in [-0.15, -0.1) is 0 Å². The van der Waals surface area contributed by atoms with Gasteiger partial charge in [0.25, 0.3) is 11.5 Å². The summed E-state index contributed by atoms with van der Waals surface area (Å²) < 4.78 is 5.95. The second kappa shape index (κ2) is 7.77. The Balaban J connectivity index is 1.22. The molecular weight excluding hydrogens is 394 g/mol. The van der Waals surface area contributed by atoms with Crippen molar-refractivity contribution in [3.05, 3.63) is 63.3 Å². The summed E-state index contributed by atoms with van der Waals surface area (Å²) in [4.78, 5) is 38.1. The predicted octanol–water partition coefficient (Wildman–Crippen LogP) is 2.13. The summed E-state index contributed by atoms with van der Waals surface area (Å²) >= 11 is 0. The number of aryl methyl sites for hydroxylation is 1. The number of hydrogen-bond acceptors (Lipinski definition) is 6. The van der Waals surface area contributed by atoms with E-state index in [2.05, 4.69) is 31.2 Å². The first kappa shape index (κ1) is 19.7. The Hall–Kier alpha value is -3.26. The van der Waals surface area contributed by atoms with Crippen LogP contribution in [0.15, 0.2) is 35.3 Å². The summed E-state index contributed by atoms with van der Waals surface area (Å²) in [5, 5.41) is 2.55. The number of fused-ring (bicyclic) bond motifs is 1. The lowest BCUT2D eigenvalue weighted by molar-refractivity contribution is 0.0142. The van der Waals surface area contributed by atoms with Gasteiger partial charge in [-0.2, -0.15) is 0 Å². The second-order valence-electron chi connectivity index (χ2n) is 8.36. The third-order valence-corrected chi connectivity index (χ3v) is 6.05. The van der Waals surface area contributed by atoms with Crippen molar-refractivity contribution in [2.45, 2.75) is 38.3 Å². The van der Waals surface area contributed by atoms with Gasteiger partial charge in [0.2, 0.25) is 0 Å². The Labute approximate surface area is 179 Å². The van der Waals surface area contributed by atoms with Crippen molar-refractivity contribution in [3.8, 4) is 5.75 Å². The minimum absolute atomic E-state index is 0.0521. The molecule has 8 nitrogen and oxygen atoms in total. The summed E-state index contributed by atoms with van der Waals surface area (Å²) in [6.45, 7) is 4.45. The van der Waals surface area contributed by atoms with Crippen LogP contribution >= 0.6 is 0 Å². The fourth-order valence-corrected chi connectivity index (χ4v) is 4.03. The molecule has 1 amide bonds. The zero-order chi connectivity index (χ0) is 21.5. The Morgan fingerprint density at radius 2 is 2.06 bits per heavy atom. The van der Waals surface area contributed by atoms with E-state index >= 15 is 0 Å². The molecule has 3 aromatic rings. The van der Waals surface area contributed by atoms with Gasteiger partial charge < -0.3 is 15.0 Å². The van der Waals surface area contributed by atoms with Crippen LogP contribution < -0.4 is 15.6 Å². The quantitative estimate of drug-likeness (QED) is 0.635. The number of amides is 1. The zero-order valence-electron chi connectivity index (χ0n) is 17.6. The van der Waals surface area contributed by atoms with E-state index in [9.17, 15) is 9.59 Å².